The van der Waals surface area contributed by atoms with Gasteiger partial charge >= 0.3 is 6.09 Å². The van der Waals surface area contributed by atoms with Gasteiger partial charge in [0.2, 0.25) is 0 Å². The van der Waals surface area contributed by atoms with E-state index in [9.17, 15) is 4.79 Å². The number of rotatable bonds is 4. The average Bonchev–Trinajstić information content (AvgIpc) is 2.22. The topological polar surface area (TPSA) is 38.3 Å². The van der Waals surface area contributed by atoms with Crippen LogP contribution in [0.3, 0.4) is 0 Å². The second kappa shape index (κ2) is 6.64. The molecule has 1 aromatic carbocycles. The molecule has 0 spiro atoms. The Hall–Kier alpha value is -1.22. The van der Waals surface area contributed by atoms with Crippen molar-refractivity contribution in [3.63, 3.8) is 0 Å². The number of carbonyl (C=O) groups is 1. The van der Waals surface area contributed by atoms with Crippen molar-refractivity contribution in [2.75, 3.05) is 6.54 Å². The van der Waals surface area contributed by atoms with Crippen molar-refractivity contribution in [1.82, 2.24) is 5.32 Å². The third-order valence-electron chi connectivity index (χ3n) is 2.20. The highest BCUT2D eigenvalue weighted by Gasteiger charge is 2.15. The van der Waals surface area contributed by atoms with Crippen molar-refractivity contribution in [1.29, 1.82) is 0 Å². The molecule has 0 fully saturated rings. The molecule has 0 saturated heterocycles. The van der Waals surface area contributed by atoms with Gasteiger partial charge in [-0.1, -0.05) is 23.7 Å². The fraction of sp³-hybridized carbons (Fsp3) is 0.500. The van der Waals surface area contributed by atoms with Crippen LogP contribution in [0.15, 0.2) is 24.3 Å². The van der Waals surface area contributed by atoms with Crippen LogP contribution in [0.5, 0.6) is 0 Å². The quantitative estimate of drug-likeness (QED) is 0.845. The molecule has 1 rings (SSSR count). The number of alkyl carbamates (subject to hydrolysis) is 1. The molecule has 0 heterocycles. The number of carbonyl (C=O) groups excluding carboxylic acids is 1. The van der Waals surface area contributed by atoms with E-state index in [-0.39, 0.29) is 6.09 Å². The summed E-state index contributed by atoms with van der Waals surface area (Å²) in [6.07, 6.45) is 1.38. The van der Waals surface area contributed by atoms with Gasteiger partial charge in [0.25, 0.3) is 0 Å². The molecule has 0 atom stereocenters. The van der Waals surface area contributed by atoms with Gasteiger partial charge in [-0.15, -0.1) is 0 Å². The third kappa shape index (κ3) is 6.50. The van der Waals surface area contributed by atoms with Crippen LogP contribution in [0.4, 0.5) is 4.79 Å². The Bertz CT molecular complexity index is 399. The summed E-state index contributed by atoms with van der Waals surface area (Å²) in [5.41, 5.74) is 0.727. The van der Waals surface area contributed by atoms with E-state index in [2.05, 4.69) is 5.32 Å². The second-order valence-electron chi connectivity index (χ2n) is 5.16. The zero-order valence-corrected chi connectivity index (χ0v) is 11.9. The number of aryl methyl sites for hydroxylation is 1. The van der Waals surface area contributed by atoms with Crippen LogP contribution in [0.1, 0.15) is 32.8 Å². The highest BCUT2D eigenvalue weighted by molar-refractivity contribution is 6.30. The van der Waals surface area contributed by atoms with Gasteiger partial charge in [0, 0.05) is 11.6 Å². The molecule has 0 aliphatic carbocycles. The Morgan fingerprint density at radius 3 is 2.72 bits per heavy atom. The molecule has 4 heteroatoms. The predicted molar refractivity (Wildman–Crippen MR) is 74.0 cm³/mol. The Morgan fingerprint density at radius 1 is 1.39 bits per heavy atom. The number of amides is 1. The minimum Gasteiger partial charge on any atom is -0.444 e. The van der Waals surface area contributed by atoms with Gasteiger partial charge in [-0.25, -0.2) is 4.79 Å². The highest BCUT2D eigenvalue weighted by atomic mass is 35.5. The normalized spacial score (nSPS) is 11.1. The average molecular weight is 270 g/mol. The zero-order valence-electron chi connectivity index (χ0n) is 11.1. The number of benzene rings is 1. The first kappa shape index (κ1) is 14.8. The van der Waals surface area contributed by atoms with Crippen LogP contribution in [0.25, 0.3) is 0 Å². The minimum atomic E-state index is -0.447. The standard InChI is InChI=1S/C14H20ClNO2/c1-14(2,3)18-13(17)16-9-5-7-11-6-4-8-12(15)10-11/h4,6,8,10H,5,7,9H2,1-3H3,(H,16,17). The molecule has 0 unspecified atom stereocenters. The van der Waals surface area contributed by atoms with Gasteiger partial charge in [-0.3, -0.25) is 0 Å². The molecule has 1 amide bonds. The summed E-state index contributed by atoms with van der Waals surface area (Å²) in [4.78, 5) is 11.4. The van der Waals surface area contributed by atoms with Crippen LogP contribution >= 0.6 is 11.6 Å². The number of ether oxygens (including phenoxy) is 1. The van der Waals surface area contributed by atoms with E-state index in [1.165, 1.54) is 5.56 Å². The van der Waals surface area contributed by atoms with Crippen molar-refractivity contribution < 1.29 is 9.53 Å². The van der Waals surface area contributed by atoms with E-state index >= 15 is 0 Å². The molecule has 0 aromatic heterocycles. The summed E-state index contributed by atoms with van der Waals surface area (Å²) in [5.74, 6) is 0. The van der Waals surface area contributed by atoms with Crippen molar-refractivity contribution in [3.8, 4) is 0 Å². The molecule has 3 nitrogen and oxygen atoms in total. The summed E-state index contributed by atoms with van der Waals surface area (Å²) in [6.45, 7) is 6.14. The highest BCUT2D eigenvalue weighted by Crippen LogP contribution is 2.12. The van der Waals surface area contributed by atoms with Gasteiger partial charge in [0.05, 0.1) is 0 Å². The van der Waals surface area contributed by atoms with E-state index < -0.39 is 5.60 Å². The molecule has 1 N–H and O–H groups in total. The van der Waals surface area contributed by atoms with E-state index in [0.29, 0.717) is 6.54 Å². The lowest BCUT2D eigenvalue weighted by Gasteiger charge is -2.19. The zero-order chi connectivity index (χ0) is 13.6. The number of hydrogen-bond donors (Lipinski definition) is 1. The largest absolute Gasteiger partial charge is 0.444 e. The van der Waals surface area contributed by atoms with Gasteiger partial charge in [-0.2, -0.15) is 0 Å². The molecular formula is C14H20ClNO2. The van der Waals surface area contributed by atoms with Gasteiger partial charge in [0.15, 0.2) is 0 Å². The maximum atomic E-state index is 11.4. The van der Waals surface area contributed by atoms with E-state index in [1.807, 2.05) is 45.0 Å². The first-order valence-electron chi connectivity index (χ1n) is 6.08. The Balaban J connectivity index is 2.21. The molecule has 0 aliphatic heterocycles. The lowest BCUT2D eigenvalue weighted by molar-refractivity contribution is 0.0527. The van der Waals surface area contributed by atoms with E-state index in [1.54, 1.807) is 0 Å². The van der Waals surface area contributed by atoms with Crippen LogP contribution in [0, 0.1) is 0 Å². The lowest BCUT2D eigenvalue weighted by atomic mass is 10.1. The van der Waals surface area contributed by atoms with Crippen molar-refractivity contribution in [3.05, 3.63) is 34.9 Å². The molecule has 0 bridgehead atoms. The van der Waals surface area contributed by atoms with E-state index in [0.717, 1.165) is 17.9 Å². The predicted octanol–water partition coefficient (Wildman–Crippen LogP) is 3.80. The SMILES string of the molecule is CC(C)(C)OC(=O)NCCCc1cccc(Cl)c1. The first-order valence-corrected chi connectivity index (χ1v) is 6.46. The maximum absolute atomic E-state index is 11.4. The van der Waals surface area contributed by atoms with Crippen molar-refractivity contribution in [2.24, 2.45) is 0 Å². The fourth-order valence-corrected chi connectivity index (χ4v) is 1.70. The Kier molecular flexibility index (Phi) is 5.48. The molecule has 0 radical (unpaired) electrons. The third-order valence-corrected chi connectivity index (χ3v) is 2.43. The molecule has 1 aromatic rings. The number of halogens is 1. The molecule has 100 valence electrons. The Morgan fingerprint density at radius 2 is 2.11 bits per heavy atom. The smallest absolute Gasteiger partial charge is 0.407 e. The summed E-state index contributed by atoms with van der Waals surface area (Å²) in [6, 6.07) is 7.75. The maximum Gasteiger partial charge on any atom is 0.407 e. The second-order valence-corrected chi connectivity index (χ2v) is 5.60. The summed E-state index contributed by atoms with van der Waals surface area (Å²) in [7, 11) is 0. The number of hydrogen-bond acceptors (Lipinski definition) is 2. The molecule has 0 saturated carbocycles. The monoisotopic (exact) mass is 269 g/mol. The summed E-state index contributed by atoms with van der Waals surface area (Å²) in [5, 5.41) is 3.47. The van der Waals surface area contributed by atoms with Gasteiger partial charge in [0.1, 0.15) is 5.60 Å². The van der Waals surface area contributed by atoms with E-state index in [4.69, 9.17) is 16.3 Å². The molecule has 0 aliphatic rings. The van der Waals surface area contributed by atoms with Crippen molar-refractivity contribution in [2.45, 2.75) is 39.2 Å². The Labute approximate surface area is 113 Å². The van der Waals surface area contributed by atoms with Gasteiger partial charge < -0.3 is 10.1 Å². The van der Waals surface area contributed by atoms with Crippen LogP contribution in [0.2, 0.25) is 5.02 Å². The van der Waals surface area contributed by atoms with Gasteiger partial charge in [-0.05, 0) is 51.3 Å². The van der Waals surface area contributed by atoms with Crippen LogP contribution in [-0.2, 0) is 11.2 Å². The molecule has 18 heavy (non-hydrogen) atoms. The summed E-state index contributed by atoms with van der Waals surface area (Å²) >= 11 is 5.89. The minimum absolute atomic E-state index is 0.367. The fourth-order valence-electron chi connectivity index (χ4n) is 1.49. The lowest BCUT2D eigenvalue weighted by Crippen LogP contribution is -2.33. The van der Waals surface area contributed by atoms with Crippen LogP contribution in [-0.4, -0.2) is 18.2 Å². The first-order chi connectivity index (χ1) is 8.37. The van der Waals surface area contributed by atoms with Crippen molar-refractivity contribution >= 4 is 17.7 Å². The summed E-state index contributed by atoms with van der Waals surface area (Å²) < 4.78 is 5.14. The van der Waals surface area contributed by atoms with Crippen LogP contribution < -0.4 is 5.32 Å². The molecular weight excluding hydrogens is 250 g/mol. The number of nitrogens with one attached hydrogen (secondary N) is 1.